The first-order valence-electron chi connectivity index (χ1n) is 7.73. The molecule has 110 valence electrons. The Morgan fingerprint density at radius 3 is 2.38 bits per heavy atom. The van der Waals surface area contributed by atoms with Gasteiger partial charge in [0.1, 0.15) is 0 Å². The third-order valence-electron chi connectivity index (χ3n) is 4.56. The first-order valence-corrected chi connectivity index (χ1v) is 8.95. The molecule has 1 saturated carbocycles. The summed E-state index contributed by atoms with van der Waals surface area (Å²) in [5.74, 6) is 0.793. The molecule has 1 N–H and O–H groups in total. The van der Waals surface area contributed by atoms with Gasteiger partial charge in [-0.3, -0.25) is 0 Å². The molecule has 0 heterocycles. The summed E-state index contributed by atoms with van der Waals surface area (Å²) in [5, 5.41) is 3.47. The van der Waals surface area contributed by atoms with E-state index in [-0.39, 0.29) is 6.04 Å². The molecule has 1 fully saturated rings. The molecule has 0 spiro atoms. The molecule has 0 radical (unpaired) electrons. The van der Waals surface area contributed by atoms with Crippen LogP contribution in [-0.4, -0.2) is 13.3 Å². The van der Waals surface area contributed by atoms with Crippen molar-refractivity contribution in [2.24, 2.45) is 0 Å². The highest BCUT2D eigenvalue weighted by atomic mass is 32.2. The first kappa shape index (κ1) is 14.7. The van der Waals surface area contributed by atoms with Crippen LogP contribution in [0.1, 0.15) is 47.9 Å². The normalized spacial score (nSPS) is 16.5. The van der Waals surface area contributed by atoms with Crippen molar-refractivity contribution in [3.63, 3.8) is 0 Å². The zero-order valence-corrected chi connectivity index (χ0v) is 13.6. The number of rotatable bonds is 5. The Labute approximate surface area is 132 Å². The molecule has 1 unspecified atom stereocenters. The van der Waals surface area contributed by atoms with E-state index in [1.54, 1.807) is 11.8 Å². The van der Waals surface area contributed by atoms with Crippen molar-refractivity contribution in [3.8, 4) is 0 Å². The van der Waals surface area contributed by atoms with E-state index in [1.165, 1.54) is 40.8 Å². The summed E-state index contributed by atoms with van der Waals surface area (Å²) in [7, 11) is 2.04. The van der Waals surface area contributed by atoms with Gasteiger partial charge in [-0.15, -0.1) is 11.8 Å². The smallest absolute Gasteiger partial charge is 0.0574 e. The number of hydrogen-bond donors (Lipinski definition) is 1. The van der Waals surface area contributed by atoms with Crippen LogP contribution in [0.15, 0.2) is 53.4 Å². The van der Waals surface area contributed by atoms with Crippen molar-refractivity contribution in [2.45, 2.75) is 36.1 Å². The molecular weight excluding hydrogens is 274 g/mol. The van der Waals surface area contributed by atoms with Gasteiger partial charge < -0.3 is 5.32 Å². The molecule has 1 aliphatic rings. The second kappa shape index (κ2) is 6.67. The van der Waals surface area contributed by atoms with Crippen LogP contribution in [-0.2, 0) is 0 Å². The summed E-state index contributed by atoms with van der Waals surface area (Å²) in [6.45, 7) is 0. The zero-order chi connectivity index (χ0) is 14.7. The average Bonchev–Trinajstić information content (AvgIpc) is 2.47. The Morgan fingerprint density at radius 2 is 1.81 bits per heavy atom. The fourth-order valence-electron chi connectivity index (χ4n) is 3.06. The summed E-state index contributed by atoms with van der Waals surface area (Å²) in [6, 6.07) is 18.3. The van der Waals surface area contributed by atoms with E-state index in [0.29, 0.717) is 0 Å². The molecule has 0 bridgehead atoms. The number of hydrogen-bond acceptors (Lipinski definition) is 2. The van der Waals surface area contributed by atoms with Crippen LogP contribution in [0.25, 0.3) is 0 Å². The molecule has 2 aromatic rings. The van der Waals surface area contributed by atoms with Crippen LogP contribution in [0.4, 0.5) is 0 Å². The average molecular weight is 297 g/mol. The number of nitrogens with one attached hydrogen (secondary N) is 1. The maximum Gasteiger partial charge on any atom is 0.0574 e. The number of thioether (sulfide) groups is 1. The molecule has 21 heavy (non-hydrogen) atoms. The Balaban J connectivity index is 1.87. The Kier molecular flexibility index (Phi) is 4.67. The van der Waals surface area contributed by atoms with E-state index in [9.17, 15) is 0 Å². The predicted octanol–water partition coefficient (Wildman–Crippen LogP) is 4.98. The van der Waals surface area contributed by atoms with Gasteiger partial charge in [0.25, 0.3) is 0 Å². The van der Waals surface area contributed by atoms with E-state index in [1.807, 2.05) is 7.05 Å². The lowest BCUT2D eigenvalue weighted by Crippen LogP contribution is -2.18. The number of benzene rings is 2. The van der Waals surface area contributed by atoms with Crippen LogP contribution in [0.5, 0.6) is 0 Å². The second-order valence-electron chi connectivity index (χ2n) is 5.79. The fourth-order valence-corrected chi connectivity index (χ4v) is 3.46. The van der Waals surface area contributed by atoms with E-state index >= 15 is 0 Å². The minimum atomic E-state index is 0.279. The lowest BCUT2D eigenvalue weighted by molar-refractivity contribution is 0.419. The Bertz CT molecular complexity index is 587. The molecule has 1 nitrogen and oxygen atoms in total. The Morgan fingerprint density at radius 1 is 1.05 bits per heavy atom. The molecular formula is C19H23NS. The van der Waals surface area contributed by atoms with Crippen molar-refractivity contribution < 1.29 is 0 Å². The van der Waals surface area contributed by atoms with Crippen LogP contribution in [0.2, 0.25) is 0 Å². The van der Waals surface area contributed by atoms with Gasteiger partial charge in [0.2, 0.25) is 0 Å². The van der Waals surface area contributed by atoms with Crippen LogP contribution in [0, 0.1) is 0 Å². The van der Waals surface area contributed by atoms with Crippen LogP contribution < -0.4 is 5.32 Å². The molecule has 1 aliphatic carbocycles. The van der Waals surface area contributed by atoms with E-state index in [2.05, 4.69) is 60.1 Å². The van der Waals surface area contributed by atoms with E-state index < -0.39 is 0 Å². The summed E-state index contributed by atoms with van der Waals surface area (Å²) < 4.78 is 0. The molecule has 1 atom stereocenters. The second-order valence-corrected chi connectivity index (χ2v) is 6.67. The van der Waals surface area contributed by atoms with Gasteiger partial charge in [0.05, 0.1) is 6.04 Å². The highest BCUT2D eigenvalue weighted by Gasteiger charge is 2.20. The molecule has 0 aliphatic heterocycles. The third-order valence-corrected chi connectivity index (χ3v) is 5.30. The summed E-state index contributed by atoms with van der Waals surface area (Å²) >= 11 is 1.79. The SMILES string of the molecule is CNC(c1ccc(SC)cc1)c1cccc(C2CCC2)c1. The maximum absolute atomic E-state index is 3.47. The van der Waals surface area contributed by atoms with Crippen molar-refractivity contribution in [1.29, 1.82) is 0 Å². The van der Waals surface area contributed by atoms with Gasteiger partial charge in [0.15, 0.2) is 0 Å². The largest absolute Gasteiger partial charge is 0.309 e. The molecule has 3 rings (SSSR count). The monoisotopic (exact) mass is 297 g/mol. The molecule has 0 aromatic heterocycles. The third kappa shape index (κ3) is 3.17. The highest BCUT2D eigenvalue weighted by molar-refractivity contribution is 7.98. The Hall–Kier alpha value is -1.25. The van der Waals surface area contributed by atoms with Crippen molar-refractivity contribution in [3.05, 3.63) is 65.2 Å². The predicted molar refractivity (Wildman–Crippen MR) is 92.2 cm³/mol. The van der Waals surface area contributed by atoms with Crippen molar-refractivity contribution >= 4 is 11.8 Å². The topological polar surface area (TPSA) is 12.0 Å². The van der Waals surface area contributed by atoms with Crippen LogP contribution >= 0.6 is 11.8 Å². The zero-order valence-electron chi connectivity index (χ0n) is 12.8. The first-order chi connectivity index (χ1) is 10.3. The minimum absolute atomic E-state index is 0.279. The lowest BCUT2D eigenvalue weighted by Gasteiger charge is -2.27. The van der Waals surface area contributed by atoms with E-state index in [4.69, 9.17) is 0 Å². The maximum atomic E-state index is 3.47. The minimum Gasteiger partial charge on any atom is -0.309 e. The van der Waals surface area contributed by atoms with Gasteiger partial charge >= 0.3 is 0 Å². The molecule has 0 amide bonds. The molecule has 2 heteroatoms. The van der Waals surface area contributed by atoms with Gasteiger partial charge in [-0.25, -0.2) is 0 Å². The quantitative estimate of drug-likeness (QED) is 0.781. The van der Waals surface area contributed by atoms with Gasteiger partial charge in [0, 0.05) is 4.90 Å². The van der Waals surface area contributed by atoms with Crippen LogP contribution in [0.3, 0.4) is 0 Å². The van der Waals surface area contributed by atoms with Crippen molar-refractivity contribution in [2.75, 3.05) is 13.3 Å². The summed E-state index contributed by atoms with van der Waals surface area (Å²) in [5.41, 5.74) is 4.22. The molecule has 0 saturated heterocycles. The van der Waals surface area contributed by atoms with Gasteiger partial charge in [-0.1, -0.05) is 42.8 Å². The lowest BCUT2D eigenvalue weighted by atomic mass is 9.79. The summed E-state index contributed by atoms with van der Waals surface area (Å²) in [4.78, 5) is 1.32. The standard InChI is InChI=1S/C19H23NS/c1-20-19(15-9-11-18(21-2)12-10-15)17-8-4-7-16(13-17)14-5-3-6-14/h4,7-14,19-20H,3,5-6H2,1-2H3. The van der Waals surface area contributed by atoms with E-state index in [0.717, 1.165) is 5.92 Å². The highest BCUT2D eigenvalue weighted by Crippen LogP contribution is 2.37. The molecule has 2 aromatic carbocycles. The summed E-state index contributed by atoms with van der Waals surface area (Å²) in [6.07, 6.45) is 6.22. The van der Waals surface area contributed by atoms with Crippen molar-refractivity contribution in [1.82, 2.24) is 5.32 Å². The van der Waals surface area contributed by atoms with Gasteiger partial charge in [-0.05, 0) is 60.9 Å². The fraction of sp³-hybridized carbons (Fsp3) is 0.368. The van der Waals surface area contributed by atoms with Gasteiger partial charge in [-0.2, -0.15) is 0 Å².